The van der Waals surface area contributed by atoms with E-state index in [0.29, 0.717) is 17.9 Å². The second kappa shape index (κ2) is 5.51. The van der Waals surface area contributed by atoms with E-state index in [1.165, 1.54) is 0 Å². The van der Waals surface area contributed by atoms with Gasteiger partial charge < -0.3 is 15.2 Å². The molecule has 0 fully saturated rings. The van der Waals surface area contributed by atoms with Crippen LogP contribution in [0.1, 0.15) is 22.8 Å². The van der Waals surface area contributed by atoms with Gasteiger partial charge in [-0.2, -0.15) is 0 Å². The molecule has 1 unspecified atom stereocenters. The van der Waals surface area contributed by atoms with Crippen LogP contribution in [0.2, 0.25) is 0 Å². The number of methoxy groups -OCH3 is 1. The molecule has 1 aromatic rings. The first-order chi connectivity index (χ1) is 7.52. The summed E-state index contributed by atoms with van der Waals surface area (Å²) in [6.45, 7) is 4.04. The van der Waals surface area contributed by atoms with E-state index < -0.39 is 0 Å². The van der Waals surface area contributed by atoms with Gasteiger partial charge in [0.1, 0.15) is 6.10 Å². The highest BCUT2D eigenvalue weighted by Crippen LogP contribution is 2.13. The number of aryl methyl sites for hydroxylation is 1. The Labute approximate surface area is 95.3 Å². The van der Waals surface area contributed by atoms with Gasteiger partial charge in [-0.3, -0.25) is 0 Å². The van der Waals surface area contributed by atoms with E-state index >= 15 is 0 Å². The van der Waals surface area contributed by atoms with Gasteiger partial charge in [0.25, 0.3) is 0 Å². The van der Waals surface area contributed by atoms with E-state index in [1.54, 1.807) is 32.2 Å². The molecule has 0 amide bonds. The molecule has 4 nitrogen and oxygen atoms in total. The number of esters is 1. The maximum absolute atomic E-state index is 11.7. The van der Waals surface area contributed by atoms with E-state index in [0.717, 1.165) is 5.56 Å². The van der Waals surface area contributed by atoms with E-state index in [2.05, 4.69) is 0 Å². The average molecular weight is 223 g/mol. The summed E-state index contributed by atoms with van der Waals surface area (Å²) in [5, 5.41) is 0. The lowest BCUT2D eigenvalue weighted by molar-refractivity contribution is 0.0120. The van der Waals surface area contributed by atoms with E-state index in [9.17, 15) is 4.79 Å². The Morgan fingerprint density at radius 2 is 2.12 bits per heavy atom. The van der Waals surface area contributed by atoms with Crippen LogP contribution in [0.4, 0.5) is 5.69 Å². The molecule has 0 heterocycles. The number of ether oxygens (including phenoxy) is 2. The summed E-state index contributed by atoms with van der Waals surface area (Å²) in [5.74, 6) is -0.375. The lowest BCUT2D eigenvalue weighted by Crippen LogP contribution is -2.19. The van der Waals surface area contributed by atoms with Gasteiger partial charge in [0.15, 0.2) is 0 Å². The molecule has 0 spiro atoms. The second-order valence-electron chi connectivity index (χ2n) is 3.80. The fraction of sp³-hybridized carbons (Fsp3) is 0.417. The molecule has 0 saturated heterocycles. The van der Waals surface area contributed by atoms with Crippen molar-refractivity contribution in [2.45, 2.75) is 20.0 Å². The molecule has 0 saturated carbocycles. The quantitative estimate of drug-likeness (QED) is 0.624. The molecule has 2 N–H and O–H groups in total. The first kappa shape index (κ1) is 12.5. The molecule has 0 bridgehead atoms. The first-order valence-electron chi connectivity index (χ1n) is 5.10. The molecule has 88 valence electrons. The summed E-state index contributed by atoms with van der Waals surface area (Å²) in [5.41, 5.74) is 7.62. The minimum Gasteiger partial charge on any atom is -0.457 e. The largest absolute Gasteiger partial charge is 0.457 e. The Morgan fingerprint density at radius 1 is 1.44 bits per heavy atom. The Hall–Kier alpha value is -1.55. The topological polar surface area (TPSA) is 61.5 Å². The second-order valence-corrected chi connectivity index (χ2v) is 3.80. The van der Waals surface area contributed by atoms with Gasteiger partial charge in [0.2, 0.25) is 0 Å². The van der Waals surface area contributed by atoms with Gasteiger partial charge >= 0.3 is 5.97 Å². The van der Waals surface area contributed by atoms with Gasteiger partial charge in [-0.05, 0) is 37.6 Å². The van der Waals surface area contributed by atoms with E-state index in [1.807, 2.05) is 6.92 Å². The third-order valence-corrected chi connectivity index (χ3v) is 2.04. The third kappa shape index (κ3) is 3.55. The monoisotopic (exact) mass is 223 g/mol. The molecular formula is C12H17NO3. The number of benzene rings is 1. The normalized spacial score (nSPS) is 12.2. The van der Waals surface area contributed by atoms with Crippen molar-refractivity contribution in [2.24, 2.45) is 0 Å². The summed E-state index contributed by atoms with van der Waals surface area (Å²) >= 11 is 0. The van der Waals surface area contributed by atoms with E-state index in [-0.39, 0.29) is 12.1 Å². The van der Waals surface area contributed by atoms with Gasteiger partial charge in [0, 0.05) is 12.8 Å². The van der Waals surface area contributed by atoms with Crippen LogP contribution in [-0.2, 0) is 9.47 Å². The molecule has 0 aliphatic heterocycles. The average Bonchev–Trinajstić information content (AvgIpc) is 2.16. The van der Waals surface area contributed by atoms with Crippen LogP contribution in [0.15, 0.2) is 18.2 Å². The smallest absolute Gasteiger partial charge is 0.338 e. The van der Waals surface area contributed by atoms with Crippen molar-refractivity contribution in [3.05, 3.63) is 29.3 Å². The number of nitrogen functional groups attached to an aromatic ring is 1. The number of nitrogens with two attached hydrogens (primary N) is 1. The summed E-state index contributed by atoms with van der Waals surface area (Å²) in [4.78, 5) is 11.7. The Morgan fingerprint density at radius 3 is 2.69 bits per heavy atom. The molecule has 0 aliphatic rings. The van der Waals surface area contributed by atoms with Crippen LogP contribution in [0.25, 0.3) is 0 Å². The van der Waals surface area contributed by atoms with Gasteiger partial charge in [-0.1, -0.05) is 0 Å². The van der Waals surface area contributed by atoms with Crippen molar-refractivity contribution in [1.82, 2.24) is 0 Å². The van der Waals surface area contributed by atoms with Crippen LogP contribution >= 0.6 is 0 Å². The van der Waals surface area contributed by atoms with Crippen LogP contribution in [-0.4, -0.2) is 25.8 Å². The van der Waals surface area contributed by atoms with Crippen molar-refractivity contribution in [1.29, 1.82) is 0 Å². The van der Waals surface area contributed by atoms with Gasteiger partial charge in [0.05, 0.1) is 12.2 Å². The van der Waals surface area contributed by atoms with Crippen LogP contribution in [0.3, 0.4) is 0 Å². The lowest BCUT2D eigenvalue weighted by Gasteiger charge is -2.12. The summed E-state index contributed by atoms with van der Waals surface area (Å²) in [6.07, 6.45) is -0.265. The fourth-order valence-corrected chi connectivity index (χ4v) is 1.45. The molecule has 1 atom stereocenters. The highest BCUT2D eigenvalue weighted by Gasteiger charge is 2.12. The third-order valence-electron chi connectivity index (χ3n) is 2.04. The maximum Gasteiger partial charge on any atom is 0.338 e. The first-order valence-corrected chi connectivity index (χ1v) is 5.10. The number of carbonyl (C=O) groups is 1. The fourth-order valence-electron chi connectivity index (χ4n) is 1.45. The maximum atomic E-state index is 11.7. The van der Waals surface area contributed by atoms with Gasteiger partial charge in [-0.25, -0.2) is 4.79 Å². The SMILES string of the molecule is COCC(C)OC(=O)c1cc(C)cc(N)c1. The van der Waals surface area contributed by atoms with Crippen molar-refractivity contribution in [3.8, 4) is 0 Å². The molecule has 0 aromatic heterocycles. The zero-order valence-electron chi connectivity index (χ0n) is 9.82. The van der Waals surface area contributed by atoms with Crippen LogP contribution in [0, 0.1) is 6.92 Å². The molecule has 0 radical (unpaired) electrons. The minimum atomic E-state index is -0.375. The van der Waals surface area contributed by atoms with E-state index in [4.69, 9.17) is 15.2 Å². The Balaban J connectivity index is 2.72. The Kier molecular flexibility index (Phi) is 4.31. The number of hydrogen-bond acceptors (Lipinski definition) is 4. The summed E-state index contributed by atoms with van der Waals surface area (Å²) in [6, 6.07) is 5.16. The number of carbonyl (C=O) groups excluding carboxylic acids is 1. The summed E-state index contributed by atoms with van der Waals surface area (Å²) in [7, 11) is 1.56. The zero-order valence-corrected chi connectivity index (χ0v) is 9.82. The molecule has 0 aliphatic carbocycles. The molecule has 1 rings (SSSR count). The van der Waals surface area contributed by atoms with Crippen LogP contribution < -0.4 is 5.73 Å². The molecule has 1 aromatic carbocycles. The van der Waals surface area contributed by atoms with Crippen molar-refractivity contribution in [3.63, 3.8) is 0 Å². The predicted molar refractivity (Wildman–Crippen MR) is 62.3 cm³/mol. The molecular weight excluding hydrogens is 206 g/mol. The van der Waals surface area contributed by atoms with Gasteiger partial charge in [-0.15, -0.1) is 0 Å². The number of anilines is 1. The van der Waals surface area contributed by atoms with Crippen molar-refractivity contribution >= 4 is 11.7 Å². The molecule has 16 heavy (non-hydrogen) atoms. The Bertz CT molecular complexity index is 356. The minimum absolute atomic E-state index is 0.265. The number of hydrogen-bond donors (Lipinski definition) is 1. The lowest BCUT2D eigenvalue weighted by atomic mass is 10.1. The zero-order chi connectivity index (χ0) is 12.1. The standard InChI is InChI=1S/C12H17NO3/c1-8-4-10(6-11(13)5-8)12(14)16-9(2)7-15-3/h4-6,9H,7,13H2,1-3H3. The predicted octanol–water partition coefficient (Wildman–Crippen LogP) is 1.77. The van der Waals surface area contributed by atoms with Crippen molar-refractivity contribution < 1.29 is 14.3 Å². The molecule has 4 heteroatoms. The van der Waals surface area contributed by atoms with Crippen molar-refractivity contribution in [2.75, 3.05) is 19.5 Å². The highest BCUT2D eigenvalue weighted by molar-refractivity contribution is 5.90. The highest BCUT2D eigenvalue weighted by atomic mass is 16.6. The number of rotatable bonds is 4. The summed E-state index contributed by atoms with van der Waals surface area (Å²) < 4.78 is 10.1. The van der Waals surface area contributed by atoms with Crippen LogP contribution in [0.5, 0.6) is 0 Å².